The lowest BCUT2D eigenvalue weighted by Gasteiger charge is -2.09. The zero-order valence-electron chi connectivity index (χ0n) is 9.92. The Bertz CT molecular complexity index is 289. The van der Waals surface area contributed by atoms with Crippen LogP contribution in [0.1, 0.15) is 31.0 Å². The molecule has 0 saturated carbocycles. The minimum atomic E-state index is -0.609. The topological polar surface area (TPSA) is 22.1 Å². The van der Waals surface area contributed by atoms with Crippen LogP contribution in [-0.4, -0.2) is 14.0 Å². The summed E-state index contributed by atoms with van der Waals surface area (Å²) >= 11 is 0. The van der Waals surface area contributed by atoms with E-state index >= 15 is 0 Å². The zero-order chi connectivity index (χ0) is 11.1. The molecule has 1 aromatic rings. The third kappa shape index (κ3) is 4.58. The fraction of sp³-hybridized carbons (Fsp3) is 0.583. The number of rotatable bonds is 6. The number of nitrogens with zero attached hydrogens (tertiary/aromatic N) is 1. The van der Waals surface area contributed by atoms with E-state index in [1.807, 2.05) is 12.3 Å². The van der Waals surface area contributed by atoms with Gasteiger partial charge in [0.1, 0.15) is 0 Å². The summed E-state index contributed by atoms with van der Waals surface area (Å²) in [6.07, 6.45) is 5.44. The second-order valence-corrected chi connectivity index (χ2v) is 6.01. The molecule has 0 aromatic carbocycles. The molecule has 0 spiro atoms. The van der Waals surface area contributed by atoms with Gasteiger partial charge in [-0.3, -0.25) is 4.98 Å². The van der Waals surface area contributed by atoms with Gasteiger partial charge in [-0.1, -0.05) is 19.4 Å². The Morgan fingerprint density at radius 3 is 2.87 bits per heavy atom. The van der Waals surface area contributed by atoms with E-state index in [2.05, 4.69) is 31.1 Å². The third-order valence-corrected chi connectivity index (χ3v) is 3.00. The smallest absolute Gasteiger partial charge is 0.205 e. The van der Waals surface area contributed by atoms with E-state index in [0.717, 1.165) is 12.1 Å². The summed E-state index contributed by atoms with van der Waals surface area (Å²) in [6.45, 7) is 7.20. The number of unbranched alkanes of at least 4 members (excludes halogenated alkanes) is 1. The first-order valence-corrected chi connectivity index (χ1v) is 8.00. The molecule has 1 rings (SSSR count). The number of hydrogen-bond donors (Lipinski definition) is 0. The molecule has 1 aromatic heterocycles. The first-order valence-electron chi connectivity index (χ1n) is 5.59. The summed E-state index contributed by atoms with van der Waals surface area (Å²) < 4.78 is 5.69. The van der Waals surface area contributed by atoms with Crippen LogP contribution in [-0.2, 0) is 17.5 Å². The van der Waals surface area contributed by atoms with Gasteiger partial charge < -0.3 is 4.43 Å². The Labute approximate surface area is 94.4 Å². The van der Waals surface area contributed by atoms with Crippen molar-refractivity contribution < 1.29 is 4.43 Å². The largest absolute Gasteiger partial charge is 0.411 e. The average molecular weight is 222 g/mol. The monoisotopic (exact) mass is 222 g/mol. The quantitative estimate of drug-likeness (QED) is 0.690. The molecule has 0 N–H and O–H groups in total. The molecule has 0 aliphatic heterocycles. The van der Waals surface area contributed by atoms with Gasteiger partial charge >= 0.3 is 0 Å². The molecule has 83 valence electrons. The Morgan fingerprint density at radius 1 is 1.40 bits per heavy atom. The molecule has 0 bridgehead atoms. The van der Waals surface area contributed by atoms with Gasteiger partial charge in [0.15, 0.2) is 0 Å². The molecule has 1 heterocycles. The Balaban J connectivity index is 2.59. The summed E-state index contributed by atoms with van der Waals surface area (Å²) in [7, 11) is -0.609. The van der Waals surface area contributed by atoms with Crippen LogP contribution in [0.5, 0.6) is 0 Å². The second-order valence-electron chi connectivity index (χ2n) is 3.91. The highest BCUT2D eigenvalue weighted by Gasteiger charge is 2.04. The number of hydrogen-bond acceptors (Lipinski definition) is 2. The zero-order valence-corrected chi connectivity index (χ0v) is 10.9. The van der Waals surface area contributed by atoms with E-state index in [1.54, 1.807) is 0 Å². The molecule has 0 atom stereocenters. The first kappa shape index (κ1) is 12.4. The molecule has 1 radical (unpaired) electrons. The minimum absolute atomic E-state index is 0.609. The fourth-order valence-corrected chi connectivity index (χ4v) is 1.83. The summed E-state index contributed by atoms with van der Waals surface area (Å²) in [6, 6.07) is 4.18. The maximum Gasteiger partial charge on any atom is 0.205 e. The van der Waals surface area contributed by atoms with E-state index in [1.165, 1.54) is 18.4 Å². The van der Waals surface area contributed by atoms with Crippen LogP contribution in [0.3, 0.4) is 0 Å². The van der Waals surface area contributed by atoms with Crippen LogP contribution in [0, 0.1) is 0 Å². The van der Waals surface area contributed by atoms with Crippen molar-refractivity contribution in [1.29, 1.82) is 0 Å². The van der Waals surface area contributed by atoms with Crippen LogP contribution in [0.4, 0.5) is 0 Å². The maximum absolute atomic E-state index is 5.69. The number of pyridine rings is 1. The number of aromatic nitrogens is 1. The lowest BCUT2D eigenvalue weighted by atomic mass is 10.1. The molecule has 0 aliphatic rings. The van der Waals surface area contributed by atoms with Crippen LogP contribution in [0.15, 0.2) is 18.3 Å². The summed E-state index contributed by atoms with van der Waals surface area (Å²) in [5, 5.41) is 0. The molecular formula is C12H20NOSi. The molecule has 2 nitrogen and oxygen atoms in total. The van der Waals surface area contributed by atoms with Crippen molar-refractivity contribution in [2.45, 2.75) is 45.9 Å². The van der Waals surface area contributed by atoms with Gasteiger partial charge in [0, 0.05) is 6.20 Å². The average Bonchev–Trinajstić information content (AvgIpc) is 2.24. The van der Waals surface area contributed by atoms with Crippen molar-refractivity contribution in [3.05, 3.63) is 29.6 Å². The van der Waals surface area contributed by atoms with Crippen LogP contribution >= 0.6 is 0 Å². The minimum Gasteiger partial charge on any atom is -0.411 e. The molecule has 3 heteroatoms. The first-order chi connectivity index (χ1) is 7.24. The predicted octanol–water partition coefficient (Wildman–Crippen LogP) is 3.19. The van der Waals surface area contributed by atoms with E-state index in [4.69, 9.17) is 4.43 Å². The third-order valence-electron chi connectivity index (χ3n) is 2.28. The molecule has 0 unspecified atom stereocenters. The molecule has 0 amide bonds. The van der Waals surface area contributed by atoms with Gasteiger partial charge in [-0.05, 0) is 37.6 Å². The molecule has 0 fully saturated rings. The van der Waals surface area contributed by atoms with Crippen molar-refractivity contribution in [3.63, 3.8) is 0 Å². The van der Waals surface area contributed by atoms with E-state index < -0.39 is 9.04 Å². The molecule has 0 aliphatic carbocycles. The predicted molar refractivity (Wildman–Crippen MR) is 65.1 cm³/mol. The van der Waals surface area contributed by atoms with Gasteiger partial charge in [-0.2, -0.15) is 0 Å². The van der Waals surface area contributed by atoms with E-state index in [0.29, 0.717) is 6.61 Å². The molecule has 0 saturated heterocycles. The molecular weight excluding hydrogens is 202 g/mol. The lowest BCUT2D eigenvalue weighted by Crippen LogP contribution is -2.09. The van der Waals surface area contributed by atoms with E-state index in [9.17, 15) is 0 Å². The Morgan fingerprint density at radius 2 is 2.20 bits per heavy atom. The van der Waals surface area contributed by atoms with Crippen molar-refractivity contribution in [3.8, 4) is 0 Å². The normalized spacial score (nSPS) is 10.9. The molecule has 15 heavy (non-hydrogen) atoms. The highest BCUT2D eigenvalue weighted by Crippen LogP contribution is 2.11. The maximum atomic E-state index is 5.69. The fourth-order valence-electron chi connectivity index (χ4n) is 1.41. The van der Waals surface area contributed by atoms with Crippen LogP contribution in [0.25, 0.3) is 0 Å². The van der Waals surface area contributed by atoms with Gasteiger partial charge in [-0.15, -0.1) is 0 Å². The summed E-state index contributed by atoms with van der Waals surface area (Å²) in [4.78, 5) is 4.39. The van der Waals surface area contributed by atoms with Gasteiger partial charge in [0.05, 0.1) is 12.3 Å². The van der Waals surface area contributed by atoms with Crippen molar-refractivity contribution >= 4 is 9.04 Å². The standard InChI is InChI=1S/C12H20NOSi/c1-4-5-7-11-8-6-9-13-12(11)10-14-15(2)3/h6,8-9H,4-5,7,10H2,1-3H3. The van der Waals surface area contributed by atoms with E-state index in [-0.39, 0.29) is 0 Å². The van der Waals surface area contributed by atoms with Gasteiger partial charge in [-0.25, -0.2) is 0 Å². The van der Waals surface area contributed by atoms with Crippen LogP contribution < -0.4 is 0 Å². The highest BCUT2D eigenvalue weighted by atomic mass is 28.3. The number of aryl methyl sites for hydroxylation is 1. The highest BCUT2D eigenvalue weighted by molar-refractivity contribution is 6.48. The van der Waals surface area contributed by atoms with Crippen molar-refractivity contribution in [1.82, 2.24) is 4.98 Å². The van der Waals surface area contributed by atoms with Gasteiger partial charge in [0.25, 0.3) is 0 Å². The lowest BCUT2D eigenvalue weighted by molar-refractivity contribution is 0.307. The Kier molecular flexibility index (Phi) is 5.57. The van der Waals surface area contributed by atoms with Crippen LogP contribution in [0.2, 0.25) is 13.1 Å². The van der Waals surface area contributed by atoms with Crippen molar-refractivity contribution in [2.24, 2.45) is 0 Å². The summed E-state index contributed by atoms with van der Waals surface area (Å²) in [5.74, 6) is 0. The van der Waals surface area contributed by atoms with Gasteiger partial charge in [0.2, 0.25) is 9.04 Å². The summed E-state index contributed by atoms with van der Waals surface area (Å²) in [5.41, 5.74) is 2.47. The van der Waals surface area contributed by atoms with Crippen molar-refractivity contribution in [2.75, 3.05) is 0 Å². The SMILES string of the molecule is CCCCc1cccnc1CO[Si](C)C. The Hall–Kier alpha value is -0.673. The second kappa shape index (κ2) is 6.75.